The van der Waals surface area contributed by atoms with Gasteiger partial charge in [-0.3, -0.25) is 0 Å². The number of aliphatic carboxylic acids is 1. The first-order chi connectivity index (χ1) is 6.99. The van der Waals surface area contributed by atoms with Crippen LogP contribution in [0.25, 0.3) is 6.08 Å². The SMILES string of the molecule is O=C([O-])CS(=O)(=O)C=Cc1ccccc1. The second-order valence-corrected chi connectivity index (χ2v) is 4.78. The molecule has 1 aromatic rings. The highest BCUT2D eigenvalue weighted by atomic mass is 32.2. The van der Waals surface area contributed by atoms with Crippen LogP contribution in [0.1, 0.15) is 5.56 Å². The van der Waals surface area contributed by atoms with E-state index in [-0.39, 0.29) is 0 Å². The molecular formula is C10H9O4S-. The summed E-state index contributed by atoms with van der Waals surface area (Å²) in [5, 5.41) is 11.0. The minimum Gasteiger partial charge on any atom is -0.549 e. The van der Waals surface area contributed by atoms with Crippen molar-refractivity contribution < 1.29 is 18.3 Å². The Hall–Kier alpha value is -1.62. The maximum Gasteiger partial charge on any atom is 0.176 e. The molecule has 0 radical (unpaired) electrons. The second kappa shape index (κ2) is 4.75. The van der Waals surface area contributed by atoms with Gasteiger partial charge in [0, 0.05) is 5.41 Å². The highest BCUT2D eigenvalue weighted by Crippen LogP contribution is 2.03. The fourth-order valence-electron chi connectivity index (χ4n) is 0.959. The molecule has 80 valence electrons. The number of benzene rings is 1. The van der Waals surface area contributed by atoms with Crippen LogP contribution < -0.4 is 5.11 Å². The Morgan fingerprint density at radius 1 is 1.27 bits per heavy atom. The molecule has 0 saturated carbocycles. The summed E-state index contributed by atoms with van der Waals surface area (Å²) < 4.78 is 22.2. The first-order valence-electron chi connectivity index (χ1n) is 4.15. The van der Waals surface area contributed by atoms with Crippen molar-refractivity contribution >= 4 is 21.9 Å². The Kier molecular flexibility index (Phi) is 3.62. The molecule has 0 heterocycles. The molecule has 0 spiro atoms. The van der Waals surface area contributed by atoms with E-state index in [1.165, 1.54) is 6.08 Å². The number of rotatable bonds is 4. The maximum absolute atomic E-state index is 11.1. The van der Waals surface area contributed by atoms with Gasteiger partial charge in [-0.05, 0) is 11.6 Å². The van der Waals surface area contributed by atoms with Crippen LogP contribution >= 0.6 is 0 Å². The van der Waals surface area contributed by atoms with E-state index in [1.54, 1.807) is 30.3 Å². The Balaban J connectivity index is 2.78. The van der Waals surface area contributed by atoms with E-state index in [4.69, 9.17) is 0 Å². The molecule has 0 N–H and O–H groups in total. The van der Waals surface area contributed by atoms with Crippen LogP contribution in [0.3, 0.4) is 0 Å². The smallest absolute Gasteiger partial charge is 0.176 e. The molecule has 1 rings (SSSR count). The Morgan fingerprint density at radius 2 is 1.87 bits per heavy atom. The Bertz CT molecular complexity index is 459. The topological polar surface area (TPSA) is 74.3 Å². The van der Waals surface area contributed by atoms with Gasteiger partial charge in [-0.15, -0.1) is 0 Å². The summed E-state index contributed by atoms with van der Waals surface area (Å²) in [5.41, 5.74) is 0.694. The summed E-state index contributed by atoms with van der Waals surface area (Å²) in [5.74, 6) is -2.59. The van der Waals surface area contributed by atoms with Gasteiger partial charge in [0.15, 0.2) is 9.84 Å². The average molecular weight is 225 g/mol. The summed E-state index contributed by atoms with van der Waals surface area (Å²) >= 11 is 0. The van der Waals surface area contributed by atoms with Crippen molar-refractivity contribution in [2.24, 2.45) is 0 Å². The molecular weight excluding hydrogens is 216 g/mol. The zero-order chi connectivity index (χ0) is 11.3. The summed E-state index contributed by atoms with van der Waals surface area (Å²) in [6.07, 6.45) is 1.35. The van der Waals surface area contributed by atoms with Crippen LogP contribution in [-0.4, -0.2) is 20.1 Å². The van der Waals surface area contributed by atoms with E-state index in [2.05, 4.69) is 0 Å². The molecule has 0 fully saturated rings. The molecule has 4 nitrogen and oxygen atoms in total. The third-order valence-electron chi connectivity index (χ3n) is 1.59. The van der Waals surface area contributed by atoms with Gasteiger partial charge in [-0.1, -0.05) is 30.3 Å². The maximum atomic E-state index is 11.1. The highest BCUT2D eigenvalue weighted by Gasteiger charge is 2.05. The van der Waals surface area contributed by atoms with Crippen molar-refractivity contribution in [3.63, 3.8) is 0 Å². The number of sulfone groups is 1. The van der Waals surface area contributed by atoms with E-state index in [9.17, 15) is 18.3 Å². The van der Waals surface area contributed by atoms with Crippen molar-refractivity contribution in [3.8, 4) is 0 Å². The number of hydrogen-bond acceptors (Lipinski definition) is 4. The van der Waals surface area contributed by atoms with E-state index >= 15 is 0 Å². The second-order valence-electron chi connectivity index (χ2n) is 2.89. The van der Waals surface area contributed by atoms with Crippen molar-refractivity contribution in [1.29, 1.82) is 0 Å². The van der Waals surface area contributed by atoms with E-state index < -0.39 is 21.6 Å². The molecule has 0 unspecified atom stereocenters. The van der Waals surface area contributed by atoms with Crippen LogP contribution in [0.4, 0.5) is 0 Å². The average Bonchev–Trinajstić information content (AvgIpc) is 2.15. The molecule has 0 atom stereocenters. The van der Waals surface area contributed by atoms with Crippen molar-refractivity contribution in [2.75, 3.05) is 5.75 Å². The molecule has 1 aromatic carbocycles. The predicted molar refractivity (Wildman–Crippen MR) is 54.3 cm³/mol. The van der Waals surface area contributed by atoms with Gasteiger partial charge in [-0.25, -0.2) is 8.42 Å². The van der Waals surface area contributed by atoms with Crippen LogP contribution in [0.2, 0.25) is 0 Å². The summed E-state index contributed by atoms with van der Waals surface area (Å²) in [4.78, 5) is 10.1. The van der Waals surface area contributed by atoms with Crippen molar-refractivity contribution in [3.05, 3.63) is 41.3 Å². The molecule has 0 aliphatic heterocycles. The Labute approximate surface area is 87.8 Å². The number of hydrogen-bond donors (Lipinski definition) is 0. The molecule has 0 aromatic heterocycles. The molecule has 0 aliphatic rings. The van der Waals surface area contributed by atoms with Gasteiger partial charge >= 0.3 is 0 Å². The fraction of sp³-hybridized carbons (Fsp3) is 0.100. The molecule has 0 amide bonds. The van der Waals surface area contributed by atoms with E-state index in [1.807, 2.05) is 0 Å². The lowest BCUT2D eigenvalue weighted by molar-refractivity contribution is -0.301. The normalized spacial score (nSPS) is 11.7. The van der Waals surface area contributed by atoms with Crippen LogP contribution in [0.15, 0.2) is 35.7 Å². The summed E-state index contributed by atoms with van der Waals surface area (Å²) in [6, 6.07) is 8.74. The van der Waals surface area contributed by atoms with Crippen molar-refractivity contribution in [1.82, 2.24) is 0 Å². The van der Waals surface area contributed by atoms with Crippen LogP contribution in [-0.2, 0) is 14.6 Å². The van der Waals surface area contributed by atoms with E-state index in [0.717, 1.165) is 5.41 Å². The van der Waals surface area contributed by atoms with Gasteiger partial charge in [0.05, 0.1) is 11.7 Å². The zero-order valence-corrected chi connectivity index (χ0v) is 8.61. The number of carbonyl (C=O) groups excluding carboxylic acids is 1. The van der Waals surface area contributed by atoms with Gasteiger partial charge < -0.3 is 9.90 Å². The third-order valence-corrected chi connectivity index (χ3v) is 2.78. The number of carboxylic acids is 1. The standard InChI is InChI=1S/C10H10O4S/c11-10(12)8-15(13,14)7-6-9-4-2-1-3-5-9/h1-7H,8H2,(H,11,12)/p-1. The van der Waals surface area contributed by atoms with E-state index in [0.29, 0.717) is 5.56 Å². The molecule has 15 heavy (non-hydrogen) atoms. The number of carbonyl (C=O) groups is 1. The van der Waals surface area contributed by atoms with Crippen LogP contribution in [0, 0.1) is 0 Å². The fourth-order valence-corrected chi connectivity index (χ4v) is 1.75. The first-order valence-corrected chi connectivity index (χ1v) is 5.87. The first kappa shape index (κ1) is 11.5. The lowest BCUT2D eigenvalue weighted by atomic mass is 10.2. The summed E-state index contributed by atoms with van der Waals surface area (Å²) in [7, 11) is -3.72. The summed E-state index contributed by atoms with van der Waals surface area (Å²) in [6.45, 7) is 0. The molecule has 0 bridgehead atoms. The minimum absolute atomic E-state index is 0.694. The Morgan fingerprint density at radius 3 is 2.40 bits per heavy atom. The predicted octanol–water partition coefficient (Wildman–Crippen LogP) is -0.178. The van der Waals surface area contributed by atoms with Gasteiger partial charge in [0.2, 0.25) is 0 Å². The minimum atomic E-state index is -3.72. The third kappa shape index (κ3) is 4.42. The molecule has 5 heteroatoms. The monoisotopic (exact) mass is 225 g/mol. The largest absolute Gasteiger partial charge is 0.549 e. The lowest BCUT2D eigenvalue weighted by Crippen LogP contribution is -2.29. The zero-order valence-electron chi connectivity index (χ0n) is 7.79. The molecule has 0 saturated heterocycles. The highest BCUT2D eigenvalue weighted by molar-refractivity contribution is 7.95. The number of carboxylic acid groups (broad SMARTS) is 1. The van der Waals surface area contributed by atoms with Gasteiger partial charge in [0.1, 0.15) is 0 Å². The quantitative estimate of drug-likeness (QED) is 0.712. The van der Waals surface area contributed by atoms with Crippen LogP contribution in [0.5, 0.6) is 0 Å². The molecule has 0 aliphatic carbocycles. The van der Waals surface area contributed by atoms with Crippen molar-refractivity contribution in [2.45, 2.75) is 0 Å². The van der Waals surface area contributed by atoms with Gasteiger partial charge in [-0.2, -0.15) is 0 Å². The van der Waals surface area contributed by atoms with Gasteiger partial charge in [0.25, 0.3) is 0 Å². The lowest BCUT2D eigenvalue weighted by Gasteiger charge is -1.99.